The Labute approximate surface area is 80.0 Å². The predicted octanol–water partition coefficient (Wildman–Crippen LogP) is 1.70. The molecule has 76 valence electrons. The topological polar surface area (TPSA) is 40.5 Å². The van der Waals surface area contributed by atoms with Crippen LogP contribution >= 0.6 is 0 Å². The van der Waals surface area contributed by atoms with Gasteiger partial charge in [0.15, 0.2) is 0 Å². The lowest BCUT2D eigenvalue weighted by atomic mass is 9.62. The van der Waals surface area contributed by atoms with Gasteiger partial charge in [-0.05, 0) is 57.8 Å². The highest BCUT2D eigenvalue weighted by atomic mass is 16.3. The molecular weight excluding hydrogens is 164 g/mol. The van der Waals surface area contributed by atoms with E-state index in [1.54, 1.807) is 0 Å². The second kappa shape index (κ2) is 2.71. The summed E-state index contributed by atoms with van der Waals surface area (Å²) in [5.41, 5.74) is -0.936. The normalized spacial score (nSPS) is 56.3. The molecule has 2 heteroatoms. The number of fused-ring (bicyclic) bond motifs is 2. The van der Waals surface area contributed by atoms with Crippen LogP contribution in [0, 0.1) is 11.8 Å². The van der Waals surface area contributed by atoms with Crippen molar-refractivity contribution >= 4 is 0 Å². The Hall–Kier alpha value is -0.0800. The van der Waals surface area contributed by atoms with Gasteiger partial charge in [0.05, 0.1) is 11.2 Å². The highest BCUT2D eigenvalue weighted by Crippen LogP contribution is 2.47. The van der Waals surface area contributed by atoms with Crippen molar-refractivity contribution in [3.05, 3.63) is 0 Å². The minimum absolute atomic E-state index is 0.468. The molecule has 0 aliphatic heterocycles. The van der Waals surface area contributed by atoms with Gasteiger partial charge in [-0.3, -0.25) is 0 Å². The molecule has 2 N–H and O–H groups in total. The molecule has 0 spiro atoms. The smallest absolute Gasteiger partial charge is 0.0625 e. The van der Waals surface area contributed by atoms with Gasteiger partial charge in [-0.1, -0.05) is 0 Å². The predicted molar refractivity (Wildman–Crippen MR) is 51.3 cm³/mol. The van der Waals surface area contributed by atoms with E-state index < -0.39 is 11.2 Å². The van der Waals surface area contributed by atoms with E-state index in [-0.39, 0.29) is 0 Å². The molecular formula is C11H20O2. The van der Waals surface area contributed by atoms with Crippen LogP contribution in [0.3, 0.4) is 0 Å². The van der Waals surface area contributed by atoms with Crippen LogP contribution in [0.2, 0.25) is 0 Å². The summed E-state index contributed by atoms with van der Waals surface area (Å²) in [7, 11) is 0. The molecule has 0 heterocycles. The van der Waals surface area contributed by atoms with Crippen molar-refractivity contribution in [2.45, 2.75) is 57.2 Å². The van der Waals surface area contributed by atoms with Crippen LogP contribution in [0.15, 0.2) is 0 Å². The summed E-state index contributed by atoms with van der Waals surface area (Å²) in [6.07, 6.45) is 4.71. The van der Waals surface area contributed by atoms with E-state index in [1.165, 1.54) is 6.42 Å². The van der Waals surface area contributed by atoms with Crippen molar-refractivity contribution < 1.29 is 10.2 Å². The van der Waals surface area contributed by atoms with Crippen LogP contribution in [-0.2, 0) is 0 Å². The fraction of sp³-hybridized carbons (Fsp3) is 1.00. The van der Waals surface area contributed by atoms with Crippen LogP contribution < -0.4 is 0 Å². The van der Waals surface area contributed by atoms with Gasteiger partial charge >= 0.3 is 0 Å². The van der Waals surface area contributed by atoms with Crippen molar-refractivity contribution in [2.75, 3.05) is 0 Å². The van der Waals surface area contributed by atoms with E-state index in [0.29, 0.717) is 11.8 Å². The number of hydrogen-bond acceptors (Lipinski definition) is 2. The van der Waals surface area contributed by atoms with E-state index >= 15 is 0 Å². The Morgan fingerprint density at radius 1 is 0.846 bits per heavy atom. The Bertz CT molecular complexity index is 170. The molecule has 0 radical (unpaired) electrons. The Morgan fingerprint density at radius 3 is 1.46 bits per heavy atom. The Morgan fingerprint density at radius 2 is 1.15 bits per heavy atom. The molecule has 0 amide bonds. The minimum atomic E-state index is -0.468. The summed E-state index contributed by atoms with van der Waals surface area (Å²) in [6.45, 7) is 3.87. The molecule has 0 aromatic carbocycles. The van der Waals surface area contributed by atoms with Crippen LogP contribution in [0.5, 0.6) is 0 Å². The fourth-order valence-electron chi connectivity index (χ4n) is 3.60. The molecule has 0 aromatic rings. The van der Waals surface area contributed by atoms with Crippen molar-refractivity contribution in [2.24, 2.45) is 11.8 Å². The van der Waals surface area contributed by atoms with Gasteiger partial charge < -0.3 is 10.2 Å². The first-order valence-corrected chi connectivity index (χ1v) is 5.31. The van der Waals surface area contributed by atoms with Gasteiger partial charge in [-0.25, -0.2) is 0 Å². The third-order valence-corrected chi connectivity index (χ3v) is 3.58. The number of aliphatic hydroxyl groups is 2. The standard InChI is InChI=1S/C11H20O2/c1-10(12)4-8-3-9(5-10)7-11(2,13)6-8/h8-9,12-13H,3-7H2,1-2H3. The first-order valence-electron chi connectivity index (χ1n) is 5.31. The SMILES string of the molecule is CC1(O)CC2CC(C1)CC(C)(O)C2. The number of rotatable bonds is 0. The van der Waals surface area contributed by atoms with E-state index in [9.17, 15) is 10.2 Å². The summed E-state index contributed by atoms with van der Waals surface area (Å²) in [4.78, 5) is 0. The summed E-state index contributed by atoms with van der Waals surface area (Å²) < 4.78 is 0. The monoisotopic (exact) mass is 184 g/mol. The van der Waals surface area contributed by atoms with E-state index in [4.69, 9.17) is 0 Å². The molecule has 2 rings (SSSR count). The van der Waals surface area contributed by atoms with E-state index in [0.717, 1.165) is 25.7 Å². The second-order valence-corrected chi connectivity index (χ2v) is 5.78. The van der Waals surface area contributed by atoms with Crippen LogP contribution in [0.1, 0.15) is 46.0 Å². The molecule has 13 heavy (non-hydrogen) atoms. The molecule has 2 nitrogen and oxygen atoms in total. The maximum Gasteiger partial charge on any atom is 0.0625 e. The van der Waals surface area contributed by atoms with Gasteiger partial charge in [-0.15, -0.1) is 0 Å². The molecule has 0 atom stereocenters. The van der Waals surface area contributed by atoms with Crippen LogP contribution in [0.25, 0.3) is 0 Å². The van der Waals surface area contributed by atoms with Crippen LogP contribution in [0.4, 0.5) is 0 Å². The summed E-state index contributed by atoms with van der Waals surface area (Å²) >= 11 is 0. The molecule has 2 fully saturated rings. The molecule has 2 aliphatic carbocycles. The Kier molecular flexibility index (Phi) is 1.97. The zero-order chi connectivity index (χ0) is 9.69. The summed E-state index contributed by atoms with van der Waals surface area (Å²) in [6, 6.07) is 0. The average Bonchev–Trinajstić information content (AvgIpc) is 1.75. The molecule has 2 aliphatic rings. The van der Waals surface area contributed by atoms with Crippen molar-refractivity contribution in [1.29, 1.82) is 0 Å². The van der Waals surface area contributed by atoms with Gasteiger partial charge in [0.25, 0.3) is 0 Å². The lowest BCUT2D eigenvalue weighted by molar-refractivity contribution is -0.0971. The first kappa shape index (κ1) is 9.47. The van der Waals surface area contributed by atoms with Gasteiger partial charge in [0.2, 0.25) is 0 Å². The van der Waals surface area contributed by atoms with E-state index in [2.05, 4.69) is 0 Å². The molecule has 2 saturated carbocycles. The highest BCUT2D eigenvalue weighted by molar-refractivity contribution is 4.96. The van der Waals surface area contributed by atoms with Crippen LogP contribution in [-0.4, -0.2) is 21.4 Å². The molecule has 2 bridgehead atoms. The summed E-state index contributed by atoms with van der Waals surface area (Å²) in [5, 5.41) is 19.9. The Balaban J connectivity index is 2.10. The fourth-order valence-corrected chi connectivity index (χ4v) is 3.60. The molecule has 0 saturated heterocycles. The maximum atomic E-state index is 9.97. The van der Waals surface area contributed by atoms with Crippen molar-refractivity contribution in [3.63, 3.8) is 0 Å². The van der Waals surface area contributed by atoms with Crippen molar-refractivity contribution in [1.82, 2.24) is 0 Å². The second-order valence-electron chi connectivity index (χ2n) is 5.78. The quantitative estimate of drug-likeness (QED) is 0.601. The zero-order valence-electron chi connectivity index (χ0n) is 8.58. The third kappa shape index (κ3) is 2.05. The lowest BCUT2D eigenvalue weighted by Gasteiger charge is -2.47. The van der Waals surface area contributed by atoms with Gasteiger partial charge in [0.1, 0.15) is 0 Å². The largest absolute Gasteiger partial charge is 0.390 e. The van der Waals surface area contributed by atoms with E-state index in [1.807, 2.05) is 13.8 Å². The van der Waals surface area contributed by atoms with Gasteiger partial charge in [-0.2, -0.15) is 0 Å². The average molecular weight is 184 g/mol. The molecule has 0 aromatic heterocycles. The third-order valence-electron chi connectivity index (χ3n) is 3.58. The maximum absolute atomic E-state index is 9.97. The number of hydrogen-bond donors (Lipinski definition) is 2. The highest BCUT2D eigenvalue weighted by Gasteiger charge is 2.44. The molecule has 0 unspecified atom stereocenters. The van der Waals surface area contributed by atoms with Crippen molar-refractivity contribution in [3.8, 4) is 0 Å². The lowest BCUT2D eigenvalue weighted by Crippen LogP contribution is -2.46. The summed E-state index contributed by atoms with van der Waals surface area (Å²) in [5.74, 6) is 1.08. The zero-order valence-corrected chi connectivity index (χ0v) is 8.58. The first-order chi connectivity index (χ1) is 5.86. The minimum Gasteiger partial charge on any atom is -0.390 e. The van der Waals surface area contributed by atoms with Gasteiger partial charge in [0, 0.05) is 0 Å².